The number of benzene rings is 3. The van der Waals surface area contributed by atoms with E-state index in [1.54, 1.807) is 49.6 Å². The first-order valence-electron chi connectivity index (χ1n) is 12.0. The Balaban J connectivity index is 1.44. The average molecular weight is 508 g/mol. The summed E-state index contributed by atoms with van der Waals surface area (Å²) in [6.07, 6.45) is 0. The minimum absolute atomic E-state index is 0.0534. The van der Waals surface area contributed by atoms with Crippen molar-refractivity contribution in [2.24, 2.45) is 0 Å². The molecule has 0 aromatic heterocycles. The van der Waals surface area contributed by atoms with Gasteiger partial charge in [0.1, 0.15) is 5.75 Å². The van der Waals surface area contributed by atoms with Gasteiger partial charge in [-0.1, -0.05) is 48.0 Å². The molecule has 0 atom stereocenters. The summed E-state index contributed by atoms with van der Waals surface area (Å²) in [6.45, 7) is 5.78. The molecule has 1 aliphatic heterocycles. The zero-order chi connectivity index (χ0) is 25.7. The van der Waals surface area contributed by atoms with E-state index in [1.165, 1.54) is 16.9 Å². The van der Waals surface area contributed by atoms with Gasteiger partial charge >= 0.3 is 0 Å². The van der Waals surface area contributed by atoms with Gasteiger partial charge in [-0.2, -0.15) is 4.31 Å². The standard InChI is InChI=1S/C28H33N3O4S/c1-22-9-12-26(13-10-22)36(33,34)29(2)21-25-19-24(11-14-27(25)35-3)28(32)31-17-15-30(16-18-31)20-23-7-5-4-6-8-23/h4-14,19H,15-18,20-21H2,1-3H3. The molecule has 190 valence electrons. The molecule has 8 heteroatoms. The maximum atomic E-state index is 13.3. The van der Waals surface area contributed by atoms with Gasteiger partial charge in [-0.05, 0) is 42.8 Å². The van der Waals surface area contributed by atoms with Gasteiger partial charge in [0.25, 0.3) is 5.91 Å². The third-order valence-corrected chi connectivity index (χ3v) is 8.38. The van der Waals surface area contributed by atoms with E-state index in [-0.39, 0.29) is 17.3 Å². The van der Waals surface area contributed by atoms with Crippen molar-refractivity contribution >= 4 is 15.9 Å². The highest BCUT2D eigenvalue weighted by atomic mass is 32.2. The van der Waals surface area contributed by atoms with Crippen LogP contribution in [0.2, 0.25) is 0 Å². The first-order chi connectivity index (χ1) is 17.3. The molecular formula is C28H33N3O4S. The number of carbonyl (C=O) groups excluding carboxylic acids is 1. The van der Waals surface area contributed by atoms with Gasteiger partial charge in [0, 0.05) is 57.4 Å². The average Bonchev–Trinajstić information content (AvgIpc) is 2.89. The number of aryl methyl sites for hydroxylation is 1. The normalized spacial score (nSPS) is 14.7. The molecular weight excluding hydrogens is 474 g/mol. The summed E-state index contributed by atoms with van der Waals surface area (Å²) in [6, 6.07) is 22.3. The van der Waals surface area contributed by atoms with Crippen LogP contribution in [0.1, 0.15) is 27.0 Å². The SMILES string of the molecule is COc1ccc(C(=O)N2CCN(Cc3ccccc3)CC2)cc1CN(C)S(=O)(=O)c1ccc(C)cc1. The zero-order valence-electron chi connectivity index (χ0n) is 21.1. The number of hydrogen-bond donors (Lipinski definition) is 0. The van der Waals surface area contributed by atoms with Crippen molar-refractivity contribution in [2.75, 3.05) is 40.3 Å². The van der Waals surface area contributed by atoms with Crippen LogP contribution in [0.15, 0.2) is 77.7 Å². The predicted octanol–water partition coefficient (Wildman–Crippen LogP) is 3.78. The van der Waals surface area contributed by atoms with Crippen LogP contribution in [0, 0.1) is 6.92 Å². The summed E-state index contributed by atoms with van der Waals surface area (Å²) in [5.41, 5.74) is 3.43. The van der Waals surface area contributed by atoms with Crippen LogP contribution in [0.25, 0.3) is 0 Å². The first kappa shape index (κ1) is 25.9. The molecule has 0 aliphatic carbocycles. The Bertz CT molecular complexity index is 1290. The number of amides is 1. The summed E-state index contributed by atoms with van der Waals surface area (Å²) in [7, 11) is -0.608. The first-order valence-corrected chi connectivity index (χ1v) is 13.5. The van der Waals surface area contributed by atoms with Gasteiger partial charge in [-0.3, -0.25) is 9.69 Å². The molecule has 0 radical (unpaired) electrons. The third kappa shape index (κ3) is 5.95. The van der Waals surface area contributed by atoms with E-state index in [2.05, 4.69) is 17.0 Å². The van der Waals surface area contributed by atoms with Crippen LogP contribution in [-0.2, 0) is 23.1 Å². The van der Waals surface area contributed by atoms with Crippen LogP contribution in [0.3, 0.4) is 0 Å². The number of rotatable bonds is 8. The monoisotopic (exact) mass is 507 g/mol. The van der Waals surface area contributed by atoms with Crippen LogP contribution in [-0.4, -0.2) is 68.8 Å². The summed E-state index contributed by atoms with van der Waals surface area (Å²) in [4.78, 5) is 17.7. The molecule has 4 rings (SSSR count). The number of carbonyl (C=O) groups is 1. The Kier molecular flexibility index (Phi) is 8.08. The van der Waals surface area contributed by atoms with E-state index < -0.39 is 10.0 Å². The fourth-order valence-corrected chi connectivity index (χ4v) is 5.53. The Hall–Kier alpha value is -3.20. The van der Waals surface area contributed by atoms with Crippen molar-refractivity contribution < 1.29 is 17.9 Å². The van der Waals surface area contributed by atoms with E-state index >= 15 is 0 Å². The summed E-state index contributed by atoms with van der Waals surface area (Å²) < 4.78 is 32.9. The number of ether oxygens (including phenoxy) is 1. The molecule has 3 aromatic rings. The highest BCUT2D eigenvalue weighted by Crippen LogP contribution is 2.25. The Morgan fingerprint density at radius 2 is 1.61 bits per heavy atom. The lowest BCUT2D eigenvalue weighted by molar-refractivity contribution is 0.0628. The van der Waals surface area contributed by atoms with Gasteiger partial charge in [0.15, 0.2) is 0 Å². The van der Waals surface area contributed by atoms with E-state index in [0.717, 1.165) is 25.2 Å². The second-order valence-corrected chi connectivity index (χ2v) is 11.2. The van der Waals surface area contributed by atoms with Crippen LogP contribution in [0.5, 0.6) is 5.75 Å². The second-order valence-electron chi connectivity index (χ2n) is 9.15. The molecule has 3 aromatic carbocycles. The zero-order valence-corrected chi connectivity index (χ0v) is 21.9. The smallest absolute Gasteiger partial charge is 0.253 e. The van der Waals surface area contributed by atoms with Crippen LogP contribution < -0.4 is 4.74 Å². The quantitative estimate of drug-likeness (QED) is 0.464. The molecule has 0 spiro atoms. The van der Waals surface area contributed by atoms with Crippen molar-refractivity contribution in [3.63, 3.8) is 0 Å². The molecule has 0 unspecified atom stereocenters. The molecule has 36 heavy (non-hydrogen) atoms. The van der Waals surface area contributed by atoms with E-state index in [9.17, 15) is 13.2 Å². The number of sulfonamides is 1. The molecule has 7 nitrogen and oxygen atoms in total. The van der Waals surface area contributed by atoms with Crippen molar-refractivity contribution in [3.8, 4) is 5.75 Å². The van der Waals surface area contributed by atoms with E-state index in [1.807, 2.05) is 30.0 Å². The molecule has 0 N–H and O–H groups in total. The van der Waals surface area contributed by atoms with Crippen molar-refractivity contribution in [2.45, 2.75) is 24.9 Å². The van der Waals surface area contributed by atoms with Gasteiger partial charge < -0.3 is 9.64 Å². The van der Waals surface area contributed by atoms with Crippen molar-refractivity contribution in [1.29, 1.82) is 0 Å². The lowest BCUT2D eigenvalue weighted by Crippen LogP contribution is -2.48. The highest BCUT2D eigenvalue weighted by Gasteiger charge is 2.25. The lowest BCUT2D eigenvalue weighted by atomic mass is 10.1. The molecule has 0 bridgehead atoms. The number of hydrogen-bond acceptors (Lipinski definition) is 5. The molecule has 1 amide bonds. The topological polar surface area (TPSA) is 70.2 Å². The summed E-state index contributed by atoms with van der Waals surface area (Å²) in [5, 5.41) is 0. The number of methoxy groups -OCH3 is 1. The fourth-order valence-electron chi connectivity index (χ4n) is 4.38. The van der Waals surface area contributed by atoms with Gasteiger partial charge in [0.05, 0.1) is 12.0 Å². The van der Waals surface area contributed by atoms with Gasteiger partial charge in [0.2, 0.25) is 10.0 Å². The van der Waals surface area contributed by atoms with Gasteiger partial charge in [-0.15, -0.1) is 0 Å². The molecule has 1 fully saturated rings. The molecule has 1 heterocycles. The Morgan fingerprint density at radius 1 is 0.944 bits per heavy atom. The second kappa shape index (κ2) is 11.2. The lowest BCUT2D eigenvalue weighted by Gasteiger charge is -2.35. The summed E-state index contributed by atoms with van der Waals surface area (Å²) in [5.74, 6) is 0.493. The van der Waals surface area contributed by atoms with E-state index in [4.69, 9.17) is 4.74 Å². The minimum Gasteiger partial charge on any atom is -0.496 e. The Morgan fingerprint density at radius 3 is 2.25 bits per heavy atom. The molecule has 1 aliphatic rings. The van der Waals surface area contributed by atoms with Crippen molar-refractivity contribution in [1.82, 2.24) is 14.1 Å². The molecule has 1 saturated heterocycles. The minimum atomic E-state index is -3.69. The van der Waals surface area contributed by atoms with E-state index in [0.29, 0.717) is 30.0 Å². The highest BCUT2D eigenvalue weighted by molar-refractivity contribution is 7.89. The maximum Gasteiger partial charge on any atom is 0.253 e. The van der Waals surface area contributed by atoms with Crippen molar-refractivity contribution in [3.05, 3.63) is 95.1 Å². The largest absolute Gasteiger partial charge is 0.496 e. The number of nitrogens with zero attached hydrogens (tertiary/aromatic N) is 3. The number of piperazine rings is 1. The fraction of sp³-hybridized carbons (Fsp3) is 0.321. The van der Waals surface area contributed by atoms with Crippen LogP contribution in [0.4, 0.5) is 0 Å². The summed E-state index contributed by atoms with van der Waals surface area (Å²) >= 11 is 0. The Labute approximate surface area is 214 Å². The molecule has 0 saturated carbocycles. The third-order valence-electron chi connectivity index (χ3n) is 6.56. The maximum absolute atomic E-state index is 13.3. The van der Waals surface area contributed by atoms with Gasteiger partial charge in [-0.25, -0.2) is 8.42 Å². The van der Waals surface area contributed by atoms with Crippen LogP contribution >= 0.6 is 0 Å². The predicted molar refractivity (Wildman–Crippen MR) is 140 cm³/mol.